The summed E-state index contributed by atoms with van der Waals surface area (Å²) >= 11 is 0. The molecule has 0 bridgehead atoms. The van der Waals surface area contributed by atoms with E-state index in [1.54, 1.807) is 19.1 Å². The molecule has 5 heteroatoms. The van der Waals surface area contributed by atoms with Gasteiger partial charge in [0.15, 0.2) is 0 Å². The van der Waals surface area contributed by atoms with Crippen LogP contribution in [0.25, 0.3) is 0 Å². The lowest BCUT2D eigenvalue weighted by molar-refractivity contribution is -0.135. The molecule has 0 aliphatic heterocycles. The summed E-state index contributed by atoms with van der Waals surface area (Å²) in [4.78, 5) is 22.5. The summed E-state index contributed by atoms with van der Waals surface area (Å²) in [5.74, 6) is -1.00. The molecular formula is C13H16N2O3. The second kappa shape index (κ2) is 6.44. The van der Waals surface area contributed by atoms with Crippen LogP contribution in [-0.4, -0.2) is 19.0 Å². The monoisotopic (exact) mass is 248 g/mol. The second-order valence-corrected chi connectivity index (χ2v) is 3.74. The average molecular weight is 248 g/mol. The van der Waals surface area contributed by atoms with Gasteiger partial charge in [0.05, 0.1) is 7.11 Å². The molecule has 0 heterocycles. The first kappa shape index (κ1) is 13.8. The number of ether oxygens (including phenoxy) is 1. The molecule has 0 radical (unpaired) electrons. The van der Waals surface area contributed by atoms with Crippen LogP contribution >= 0.6 is 0 Å². The fourth-order valence-corrected chi connectivity index (χ4v) is 1.47. The largest absolute Gasteiger partial charge is 0.466 e. The van der Waals surface area contributed by atoms with Crippen molar-refractivity contribution in [3.8, 4) is 0 Å². The highest BCUT2D eigenvalue weighted by molar-refractivity contribution is 5.84. The zero-order valence-corrected chi connectivity index (χ0v) is 10.3. The molecule has 1 aromatic rings. The number of allylic oxidation sites excluding steroid dienone is 1. The van der Waals surface area contributed by atoms with Crippen molar-refractivity contribution in [2.24, 2.45) is 5.73 Å². The quantitative estimate of drug-likeness (QED) is 0.598. The van der Waals surface area contributed by atoms with Crippen LogP contribution in [0.3, 0.4) is 0 Å². The van der Waals surface area contributed by atoms with Crippen LogP contribution < -0.4 is 11.1 Å². The van der Waals surface area contributed by atoms with Crippen LogP contribution in [0.2, 0.25) is 0 Å². The molecule has 96 valence electrons. The maximum atomic E-state index is 11.4. The molecule has 18 heavy (non-hydrogen) atoms. The van der Waals surface area contributed by atoms with Gasteiger partial charge in [-0.1, -0.05) is 30.3 Å². The van der Waals surface area contributed by atoms with E-state index in [1.165, 1.54) is 13.2 Å². The van der Waals surface area contributed by atoms with E-state index in [-0.39, 0.29) is 0 Å². The van der Waals surface area contributed by atoms with E-state index in [1.807, 2.05) is 18.2 Å². The Bertz CT molecular complexity index is 455. The number of nitrogens with two attached hydrogens (primary N) is 1. The van der Waals surface area contributed by atoms with Crippen molar-refractivity contribution < 1.29 is 14.3 Å². The molecule has 0 fully saturated rings. The van der Waals surface area contributed by atoms with Crippen LogP contribution in [-0.2, 0) is 14.3 Å². The van der Waals surface area contributed by atoms with E-state index >= 15 is 0 Å². The van der Waals surface area contributed by atoms with Gasteiger partial charge in [-0.3, -0.25) is 4.79 Å². The van der Waals surface area contributed by atoms with Crippen molar-refractivity contribution in [3.63, 3.8) is 0 Å². The molecule has 1 aromatic carbocycles. The molecule has 0 aliphatic carbocycles. The molecule has 0 aromatic heterocycles. The Morgan fingerprint density at radius 1 is 1.33 bits per heavy atom. The van der Waals surface area contributed by atoms with E-state index in [4.69, 9.17) is 5.73 Å². The number of amides is 1. The van der Waals surface area contributed by atoms with Gasteiger partial charge in [-0.15, -0.1) is 0 Å². The zero-order chi connectivity index (χ0) is 13.5. The Morgan fingerprint density at radius 2 is 1.94 bits per heavy atom. The summed E-state index contributed by atoms with van der Waals surface area (Å²) in [6.45, 7) is 1.66. The average Bonchev–Trinajstić information content (AvgIpc) is 2.36. The number of benzene rings is 1. The number of carbonyl (C=O) groups excluding carboxylic acids is 2. The van der Waals surface area contributed by atoms with Crippen molar-refractivity contribution in [1.29, 1.82) is 0 Å². The number of hydrogen-bond donors (Lipinski definition) is 2. The Balaban J connectivity index is 2.86. The molecule has 0 saturated heterocycles. The summed E-state index contributed by atoms with van der Waals surface area (Å²) in [7, 11) is 1.29. The molecule has 0 unspecified atom stereocenters. The van der Waals surface area contributed by atoms with Crippen molar-refractivity contribution >= 4 is 11.9 Å². The Labute approximate surface area is 106 Å². The molecule has 0 aliphatic rings. The summed E-state index contributed by atoms with van der Waals surface area (Å²) in [5, 5.41) is 2.88. The van der Waals surface area contributed by atoms with Gasteiger partial charge in [-0.2, -0.15) is 0 Å². The fraction of sp³-hybridized carbons (Fsp3) is 0.231. The SMILES string of the molecule is COC(=O)/C=C(/C)N[C@H](C(N)=O)c1ccccc1. The van der Waals surface area contributed by atoms with E-state index in [0.29, 0.717) is 5.70 Å². The summed E-state index contributed by atoms with van der Waals surface area (Å²) < 4.78 is 4.50. The lowest BCUT2D eigenvalue weighted by Crippen LogP contribution is -2.32. The Morgan fingerprint density at radius 3 is 2.44 bits per heavy atom. The van der Waals surface area contributed by atoms with Gasteiger partial charge in [0.2, 0.25) is 5.91 Å². The fourth-order valence-electron chi connectivity index (χ4n) is 1.47. The van der Waals surface area contributed by atoms with Crippen LogP contribution in [0.15, 0.2) is 42.1 Å². The number of hydrogen-bond acceptors (Lipinski definition) is 4. The van der Waals surface area contributed by atoms with Crippen LogP contribution in [0.4, 0.5) is 0 Å². The van der Waals surface area contributed by atoms with Crippen molar-refractivity contribution in [2.45, 2.75) is 13.0 Å². The second-order valence-electron chi connectivity index (χ2n) is 3.74. The highest BCUT2D eigenvalue weighted by Gasteiger charge is 2.17. The molecule has 3 N–H and O–H groups in total. The van der Waals surface area contributed by atoms with E-state index in [0.717, 1.165) is 5.56 Å². The minimum absolute atomic E-state index is 0.490. The summed E-state index contributed by atoms with van der Waals surface area (Å²) in [5.41, 5.74) is 6.58. The topological polar surface area (TPSA) is 81.4 Å². The highest BCUT2D eigenvalue weighted by Crippen LogP contribution is 2.13. The minimum atomic E-state index is -0.674. The van der Waals surface area contributed by atoms with E-state index in [9.17, 15) is 9.59 Å². The van der Waals surface area contributed by atoms with E-state index < -0.39 is 17.9 Å². The molecule has 5 nitrogen and oxygen atoms in total. The first-order chi connectivity index (χ1) is 8.54. The van der Waals surface area contributed by atoms with Gasteiger partial charge < -0.3 is 15.8 Å². The summed E-state index contributed by atoms with van der Waals surface area (Å²) in [6, 6.07) is 8.37. The van der Waals surface area contributed by atoms with Crippen molar-refractivity contribution in [3.05, 3.63) is 47.7 Å². The van der Waals surface area contributed by atoms with E-state index in [2.05, 4.69) is 10.1 Å². The number of rotatable bonds is 5. The number of carbonyl (C=O) groups is 2. The standard InChI is InChI=1S/C13H16N2O3/c1-9(8-11(16)18-2)15-12(13(14)17)10-6-4-3-5-7-10/h3-8,12,15H,1-2H3,(H2,14,17)/b9-8-/t12-/m0/s1. The smallest absolute Gasteiger partial charge is 0.332 e. The molecular weight excluding hydrogens is 232 g/mol. The molecule has 0 spiro atoms. The Kier molecular flexibility index (Phi) is 4.92. The number of primary amides is 1. The van der Waals surface area contributed by atoms with Crippen LogP contribution in [0.5, 0.6) is 0 Å². The van der Waals surface area contributed by atoms with Gasteiger partial charge in [-0.25, -0.2) is 4.79 Å². The summed E-state index contributed by atoms with van der Waals surface area (Å²) in [6.07, 6.45) is 1.26. The molecule has 1 atom stereocenters. The van der Waals surface area contributed by atoms with Gasteiger partial charge in [0, 0.05) is 11.8 Å². The van der Waals surface area contributed by atoms with Crippen LogP contribution in [0, 0.1) is 0 Å². The number of esters is 1. The molecule has 0 saturated carbocycles. The van der Waals surface area contributed by atoms with Crippen molar-refractivity contribution in [2.75, 3.05) is 7.11 Å². The van der Waals surface area contributed by atoms with Gasteiger partial charge in [0.1, 0.15) is 6.04 Å². The lowest BCUT2D eigenvalue weighted by atomic mass is 10.1. The lowest BCUT2D eigenvalue weighted by Gasteiger charge is -2.17. The minimum Gasteiger partial charge on any atom is -0.466 e. The van der Waals surface area contributed by atoms with Gasteiger partial charge >= 0.3 is 5.97 Å². The Hall–Kier alpha value is -2.30. The van der Waals surface area contributed by atoms with Gasteiger partial charge in [-0.05, 0) is 12.5 Å². The third kappa shape index (κ3) is 3.93. The number of methoxy groups -OCH3 is 1. The predicted octanol–water partition coefficient (Wildman–Crippen LogP) is 0.879. The van der Waals surface area contributed by atoms with Crippen LogP contribution in [0.1, 0.15) is 18.5 Å². The maximum absolute atomic E-state index is 11.4. The first-order valence-corrected chi connectivity index (χ1v) is 5.41. The normalized spacial score (nSPS) is 12.7. The third-order valence-electron chi connectivity index (χ3n) is 2.32. The maximum Gasteiger partial charge on any atom is 0.332 e. The predicted molar refractivity (Wildman–Crippen MR) is 67.3 cm³/mol. The third-order valence-corrected chi connectivity index (χ3v) is 2.32. The first-order valence-electron chi connectivity index (χ1n) is 5.41. The number of nitrogens with one attached hydrogen (secondary N) is 1. The molecule has 1 amide bonds. The zero-order valence-electron chi connectivity index (χ0n) is 10.3. The van der Waals surface area contributed by atoms with Crippen molar-refractivity contribution in [1.82, 2.24) is 5.32 Å². The van der Waals surface area contributed by atoms with Gasteiger partial charge in [0.25, 0.3) is 0 Å². The molecule has 1 rings (SSSR count). The highest BCUT2D eigenvalue weighted by atomic mass is 16.5.